The van der Waals surface area contributed by atoms with E-state index in [1.165, 1.54) is 18.8 Å². The maximum atomic E-state index is 4.75. The summed E-state index contributed by atoms with van der Waals surface area (Å²) in [5.41, 5.74) is 2.09. The van der Waals surface area contributed by atoms with Gasteiger partial charge < -0.3 is 9.47 Å². The molecule has 1 fully saturated rings. The lowest BCUT2D eigenvalue weighted by Gasteiger charge is -2.16. The van der Waals surface area contributed by atoms with Crippen LogP contribution >= 0.6 is 0 Å². The van der Waals surface area contributed by atoms with E-state index in [4.69, 9.17) is 4.98 Å². The van der Waals surface area contributed by atoms with Gasteiger partial charge in [-0.25, -0.2) is 9.97 Å². The van der Waals surface area contributed by atoms with Crippen LogP contribution in [0.3, 0.4) is 0 Å². The summed E-state index contributed by atoms with van der Waals surface area (Å²) >= 11 is 0. The zero-order valence-corrected chi connectivity index (χ0v) is 11.1. The Labute approximate surface area is 108 Å². The van der Waals surface area contributed by atoms with Crippen LogP contribution in [-0.2, 0) is 6.42 Å². The number of fused-ring (bicyclic) bond motifs is 1. The first-order valence-corrected chi connectivity index (χ1v) is 6.80. The number of rotatable bonds is 3. The lowest BCUT2D eigenvalue weighted by atomic mass is 10.2. The molecule has 4 nitrogen and oxygen atoms in total. The Hall–Kier alpha value is -1.42. The van der Waals surface area contributed by atoms with E-state index in [1.807, 2.05) is 12.3 Å². The van der Waals surface area contributed by atoms with Crippen LogP contribution in [-0.4, -0.2) is 39.6 Å². The van der Waals surface area contributed by atoms with E-state index in [0.29, 0.717) is 6.04 Å². The summed E-state index contributed by atoms with van der Waals surface area (Å²) in [4.78, 5) is 11.7. The van der Waals surface area contributed by atoms with Crippen molar-refractivity contribution in [1.29, 1.82) is 0 Å². The summed E-state index contributed by atoms with van der Waals surface area (Å²) in [6.07, 6.45) is 5.24. The van der Waals surface area contributed by atoms with E-state index in [9.17, 15) is 0 Å². The molecule has 2 aromatic heterocycles. The highest BCUT2D eigenvalue weighted by molar-refractivity contribution is 5.71. The average Bonchev–Trinajstić information content (AvgIpc) is 2.92. The molecule has 3 heterocycles. The third-order valence-corrected chi connectivity index (χ3v) is 3.73. The number of hydrogen-bond acceptors (Lipinski definition) is 3. The van der Waals surface area contributed by atoms with Gasteiger partial charge in [-0.1, -0.05) is 6.92 Å². The van der Waals surface area contributed by atoms with Crippen LogP contribution in [0.1, 0.15) is 31.6 Å². The van der Waals surface area contributed by atoms with Crippen LogP contribution in [0.2, 0.25) is 0 Å². The molecule has 0 spiro atoms. The number of imidazole rings is 1. The molecule has 1 aliphatic heterocycles. The summed E-state index contributed by atoms with van der Waals surface area (Å²) in [6, 6.07) is 4.57. The number of hydrogen-bond donors (Lipinski definition) is 0. The van der Waals surface area contributed by atoms with Gasteiger partial charge in [0.2, 0.25) is 0 Å². The molecule has 0 N–H and O–H groups in total. The van der Waals surface area contributed by atoms with Crippen molar-refractivity contribution < 1.29 is 0 Å². The van der Waals surface area contributed by atoms with Crippen LogP contribution in [0.5, 0.6) is 0 Å². The highest BCUT2D eigenvalue weighted by Gasteiger charge is 2.25. The number of likely N-dealkylation sites (N-methyl/N-ethyl adjacent to an activating group) is 1. The molecule has 0 aliphatic carbocycles. The van der Waals surface area contributed by atoms with Crippen LogP contribution in [0.4, 0.5) is 0 Å². The zero-order chi connectivity index (χ0) is 12.5. The monoisotopic (exact) mass is 244 g/mol. The summed E-state index contributed by atoms with van der Waals surface area (Å²) in [6.45, 7) is 4.49. The van der Waals surface area contributed by atoms with Crippen molar-refractivity contribution in [3.63, 3.8) is 0 Å². The molecule has 0 radical (unpaired) electrons. The summed E-state index contributed by atoms with van der Waals surface area (Å²) in [7, 11) is 2.19. The topological polar surface area (TPSA) is 34.0 Å². The lowest BCUT2D eigenvalue weighted by Crippen LogP contribution is -2.18. The van der Waals surface area contributed by atoms with E-state index in [0.717, 1.165) is 30.6 Å². The SMILES string of the molecule is CCCc1nc2cccnc2n1C1CCN(C)C1. The summed E-state index contributed by atoms with van der Waals surface area (Å²) < 4.78 is 2.38. The van der Waals surface area contributed by atoms with Crippen LogP contribution in [0.25, 0.3) is 11.2 Å². The van der Waals surface area contributed by atoms with E-state index < -0.39 is 0 Å². The van der Waals surface area contributed by atoms with Gasteiger partial charge in [-0.15, -0.1) is 0 Å². The molecular formula is C14H20N4. The summed E-state index contributed by atoms with van der Waals surface area (Å²) in [5.74, 6) is 1.20. The Morgan fingerprint density at radius 1 is 1.44 bits per heavy atom. The molecule has 1 aliphatic rings. The van der Waals surface area contributed by atoms with Gasteiger partial charge in [-0.05, 0) is 38.6 Å². The molecule has 0 saturated carbocycles. The van der Waals surface area contributed by atoms with Crippen molar-refractivity contribution in [1.82, 2.24) is 19.4 Å². The third-order valence-electron chi connectivity index (χ3n) is 3.73. The second-order valence-electron chi connectivity index (χ2n) is 5.20. The molecule has 1 saturated heterocycles. The average molecular weight is 244 g/mol. The van der Waals surface area contributed by atoms with E-state index in [1.54, 1.807) is 0 Å². The van der Waals surface area contributed by atoms with Gasteiger partial charge in [0.25, 0.3) is 0 Å². The van der Waals surface area contributed by atoms with Gasteiger partial charge in [-0.3, -0.25) is 0 Å². The molecule has 0 bridgehead atoms. The molecule has 96 valence electrons. The molecule has 1 unspecified atom stereocenters. The Kier molecular flexibility index (Phi) is 3.04. The minimum absolute atomic E-state index is 0.538. The van der Waals surface area contributed by atoms with Crippen molar-refractivity contribution in [2.75, 3.05) is 20.1 Å². The van der Waals surface area contributed by atoms with Crippen LogP contribution < -0.4 is 0 Å². The number of aromatic nitrogens is 3. The fraction of sp³-hybridized carbons (Fsp3) is 0.571. The molecule has 2 aromatic rings. The maximum Gasteiger partial charge on any atom is 0.160 e. The fourth-order valence-corrected chi connectivity index (χ4v) is 2.88. The summed E-state index contributed by atoms with van der Waals surface area (Å²) in [5, 5.41) is 0. The number of pyridine rings is 1. The second kappa shape index (κ2) is 4.69. The number of aryl methyl sites for hydroxylation is 1. The van der Waals surface area contributed by atoms with Gasteiger partial charge >= 0.3 is 0 Å². The third kappa shape index (κ3) is 1.90. The standard InChI is InChI=1S/C14H20N4/c1-3-5-13-16-12-6-4-8-15-14(12)18(13)11-7-9-17(2)10-11/h4,6,8,11H,3,5,7,9-10H2,1-2H3. The van der Waals surface area contributed by atoms with E-state index >= 15 is 0 Å². The van der Waals surface area contributed by atoms with E-state index in [-0.39, 0.29) is 0 Å². The van der Waals surface area contributed by atoms with Crippen LogP contribution in [0.15, 0.2) is 18.3 Å². The molecule has 0 amide bonds. The first-order chi connectivity index (χ1) is 8.79. The highest BCUT2D eigenvalue weighted by atomic mass is 15.2. The van der Waals surface area contributed by atoms with Crippen molar-refractivity contribution in [2.45, 2.75) is 32.2 Å². The molecular weight excluding hydrogens is 224 g/mol. The van der Waals surface area contributed by atoms with Gasteiger partial charge in [0.05, 0.1) is 6.04 Å². The first-order valence-electron chi connectivity index (χ1n) is 6.80. The lowest BCUT2D eigenvalue weighted by molar-refractivity contribution is 0.391. The molecule has 18 heavy (non-hydrogen) atoms. The van der Waals surface area contributed by atoms with Crippen LogP contribution in [0, 0.1) is 0 Å². The normalized spacial score (nSPS) is 20.9. The van der Waals surface area contributed by atoms with Gasteiger partial charge in [0.1, 0.15) is 11.3 Å². The predicted octanol–water partition coefficient (Wildman–Crippen LogP) is 2.26. The van der Waals surface area contributed by atoms with Gasteiger partial charge in [0, 0.05) is 19.2 Å². The second-order valence-corrected chi connectivity index (χ2v) is 5.20. The van der Waals surface area contributed by atoms with Gasteiger partial charge in [0.15, 0.2) is 5.65 Å². The minimum Gasteiger partial charge on any atom is -0.308 e. The smallest absolute Gasteiger partial charge is 0.160 e. The quantitative estimate of drug-likeness (QED) is 0.830. The van der Waals surface area contributed by atoms with Crippen molar-refractivity contribution in [3.05, 3.63) is 24.2 Å². The Bertz CT molecular complexity index is 546. The zero-order valence-electron chi connectivity index (χ0n) is 11.1. The van der Waals surface area contributed by atoms with Crippen molar-refractivity contribution in [2.24, 2.45) is 0 Å². The minimum atomic E-state index is 0.538. The molecule has 1 atom stereocenters. The van der Waals surface area contributed by atoms with E-state index in [2.05, 4.69) is 34.5 Å². The number of nitrogens with zero attached hydrogens (tertiary/aromatic N) is 4. The molecule has 3 rings (SSSR count). The molecule has 4 heteroatoms. The largest absolute Gasteiger partial charge is 0.308 e. The van der Waals surface area contributed by atoms with Gasteiger partial charge in [-0.2, -0.15) is 0 Å². The van der Waals surface area contributed by atoms with Crippen molar-refractivity contribution in [3.8, 4) is 0 Å². The first kappa shape index (κ1) is 11.7. The van der Waals surface area contributed by atoms with Crippen molar-refractivity contribution >= 4 is 11.2 Å². The Morgan fingerprint density at radius 3 is 3.06 bits per heavy atom. The molecule has 0 aromatic carbocycles. The predicted molar refractivity (Wildman–Crippen MR) is 72.7 cm³/mol. The number of likely N-dealkylation sites (tertiary alicyclic amines) is 1. The fourth-order valence-electron chi connectivity index (χ4n) is 2.88. The Balaban J connectivity index is 2.09. The Morgan fingerprint density at radius 2 is 2.33 bits per heavy atom. The highest BCUT2D eigenvalue weighted by Crippen LogP contribution is 2.26. The maximum absolute atomic E-state index is 4.75.